The number of benzene rings is 1. The first-order valence-electron chi connectivity index (χ1n) is 7.90. The zero-order chi connectivity index (χ0) is 16.5. The molecule has 0 spiro atoms. The Morgan fingerprint density at radius 1 is 1.14 bits per heavy atom. The molecule has 1 aromatic carbocycles. The Bertz CT molecular complexity index is 492. The van der Waals surface area contributed by atoms with Gasteiger partial charge in [-0.3, -0.25) is 14.9 Å². The van der Waals surface area contributed by atoms with Crippen LogP contribution in [0.3, 0.4) is 0 Å². The van der Waals surface area contributed by atoms with Gasteiger partial charge in [0.05, 0.1) is 6.54 Å². The highest BCUT2D eigenvalue weighted by Crippen LogP contribution is 2.22. The summed E-state index contributed by atoms with van der Waals surface area (Å²) in [6.07, 6.45) is 2.94. The maximum absolute atomic E-state index is 12.1. The summed E-state index contributed by atoms with van der Waals surface area (Å²) < 4.78 is 0. The van der Waals surface area contributed by atoms with Gasteiger partial charge in [-0.05, 0) is 30.4 Å². The molecule has 0 aliphatic rings. The van der Waals surface area contributed by atoms with Crippen molar-refractivity contribution in [1.82, 2.24) is 5.32 Å². The van der Waals surface area contributed by atoms with Gasteiger partial charge >= 0.3 is 5.97 Å². The van der Waals surface area contributed by atoms with Crippen LogP contribution in [-0.2, 0) is 22.4 Å². The number of anilines is 1. The summed E-state index contributed by atoms with van der Waals surface area (Å²) in [6, 6.07) is 5.31. The minimum Gasteiger partial charge on any atom is -0.480 e. The van der Waals surface area contributed by atoms with Crippen LogP contribution in [-0.4, -0.2) is 29.6 Å². The molecule has 1 unspecified atom stereocenters. The Hall–Kier alpha value is -1.88. The quantitative estimate of drug-likeness (QED) is 0.655. The molecule has 0 aliphatic carbocycles. The smallest absolute Gasteiger partial charge is 0.320 e. The van der Waals surface area contributed by atoms with Crippen molar-refractivity contribution in [1.29, 1.82) is 0 Å². The average molecular weight is 306 g/mol. The van der Waals surface area contributed by atoms with Gasteiger partial charge in [-0.1, -0.05) is 45.4 Å². The number of para-hydroxylation sites is 1. The second-order valence-corrected chi connectivity index (χ2v) is 5.27. The predicted octanol–water partition coefficient (Wildman–Crippen LogP) is 2.59. The van der Waals surface area contributed by atoms with E-state index in [1.54, 1.807) is 0 Å². The summed E-state index contributed by atoms with van der Waals surface area (Å²) in [5.74, 6) is -1.13. The lowest BCUT2D eigenvalue weighted by Gasteiger charge is -2.16. The summed E-state index contributed by atoms with van der Waals surface area (Å²) in [6.45, 7) is 6.01. The van der Waals surface area contributed by atoms with Gasteiger partial charge in [-0.2, -0.15) is 0 Å². The third kappa shape index (κ3) is 5.15. The van der Waals surface area contributed by atoms with Crippen LogP contribution in [0.4, 0.5) is 5.69 Å². The van der Waals surface area contributed by atoms with E-state index in [1.165, 1.54) is 0 Å². The highest BCUT2D eigenvalue weighted by molar-refractivity contribution is 5.94. The van der Waals surface area contributed by atoms with Crippen LogP contribution in [0.15, 0.2) is 18.2 Å². The van der Waals surface area contributed by atoms with Crippen LogP contribution in [0.25, 0.3) is 0 Å². The first kappa shape index (κ1) is 18.2. The Morgan fingerprint density at radius 2 is 1.73 bits per heavy atom. The van der Waals surface area contributed by atoms with Crippen LogP contribution < -0.4 is 10.6 Å². The zero-order valence-corrected chi connectivity index (χ0v) is 13.6. The maximum atomic E-state index is 12.1. The normalized spacial score (nSPS) is 12.0. The van der Waals surface area contributed by atoms with Crippen molar-refractivity contribution in [2.75, 3.05) is 11.9 Å². The molecule has 0 saturated carbocycles. The minimum atomic E-state index is -0.919. The number of carbonyl (C=O) groups is 2. The van der Waals surface area contributed by atoms with Crippen LogP contribution in [0, 0.1) is 0 Å². The molecule has 1 aromatic rings. The highest BCUT2D eigenvalue weighted by Gasteiger charge is 2.17. The lowest BCUT2D eigenvalue weighted by molar-refractivity contribution is -0.139. The van der Waals surface area contributed by atoms with Gasteiger partial charge in [-0.25, -0.2) is 0 Å². The second-order valence-electron chi connectivity index (χ2n) is 5.27. The zero-order valence-electron chi connectivity index (χ0n) is 13.6. The number of hydrogen-bond acceptors (Lipinski definition) is 3. The van der Waals surface area contributed by atoms with Gasteiger partial charge in [-0.15, -0.1) is 0 Å². The van der Waals surface area contributed by atoms with Gasteiger partial charge < -0.3 is 10.4 Å². The van der Waals surface area contributed by atoms with Gasteiger partial charge in [0.1, 0.15) is 6.04 Å². The monoisotopic (exact) mass is 306 g/mol. The summed E-state index contributed by atoms with van der Waals surface area (Å²) in [5, 5.41) is 14.8. The van der Waals surface area contributed by atoms with Gasteiger partial charge in [0, 0.05) is 5.69 Å². The first-order valence-corrected chi connectivity index (χ1v) is 7.90. The predicted molar refractivity (Wildman–Crippen MR) is 88.2 cm³/mol. The number of rotatable bonds is 9. The molecule has 0 heterocycles. The van der Waals surface area contributed by atoms with E-state index in [9.17, 15) is 9.59 Å². The highest BCUT2D eigenvalue weighted by atomic mass is 16.4. The SMILES string of the molecule is CCCC(NCC(=O)Nc1c(CC)cccc1CC)C(=O)O. The van der Waals surface area contributed by atoms with Crippen LogP contribution in [0.2, 0.25) is 0 Å². The van der Waals surface area contributed by atoms with E-state index in [-0.39, 0.29) is 12.5 Å². The lowest BCUT2D eigenvalue weighted by Crippen LogP contribution is -2.41. The summed E-state index contributed by atoms with van der Waals surface area (Å²) in [5.41, 5.74) is 3.05. The average Bonchev–Trinajstić information content (AvgIpc) is 2.51. The number of nitrogens with one attached hydrogen (secondary N) is 2. The Kier molecular flexibility index (Phi) is 7.60. The molecule has 22 heavy (non-hydrogen) atoms. The molecule has 0 radical (unpaired) electrons. The van der Waals surface area contributed by atoms with Crippen molar-refractivity contribution in [3.05, 3.63) is 29.3 Å². The van der Waals surface area contributed by atoms with E-state index in [1.807, 2.05) is 39.0 Å². The number of aliphatic carboxylic acids is 1. The number of carboxylic acids is 1. The Balaban J connectivity index is 2.71. The molecule has 5 heteroatoms. The fourth-order valence-electron chi connectivity index (χ4n) is 2.40. The van der Waals surface area contributed by atoms with Crippen molar-refractivity contribution >= 4 is 17.6 Å². The molecular formula is C17H26N2O3. The van der Waals surface area contributed by atoms with E-state index in [2.05, 4.69) is 10.6 Å². The second kappa shape index (κ2) is 9.20. The maximum Gasteiger partial charge on any atom is 0.320 e. The van der Waals surface area contributed by atoms with Crippen LogP contribution in [0.5, 0.6) is 0 Å². The largest absolute Gasteiger partial charge is 0.480 e. The van der Waals surface area contributed by atoms with Crippen LogP contribution >= 0.6 is 0 Å². The molecular weight excluding hydrogens is 280 g/mol. The number of hydrogen-bond donors (Lipinski definition) is 3. The minimum absolute atomic E-state index is 0.00182. The summed E-state index contributed by atoms with van der Waals surface area (Å²) in [7, 11) is 0. The van der Waals surface area contributed by atoms with E-state index in [0.717, 1.165) is 36.1 Å². The standard InChI is InChI=1S/C17H26N2O3/c1-4-8-14(17(21)22)18-11-15(20)19-16-12(5-2)9-7-10-13(16)6-3/h7,9-10,14,18H,4-6,8,11H2,1-3H3,(H,19,20)(H,21,22). The summed E-state index contributed by atoms with van der Waals surface area (Å²) >= 11 is 0. The molecule has 3 N–H and O–H groups in total. The van der Waals surface area contributed by atoms with Gasteiger partial charge in [0.2, 0.25) is 5.91 Å². The topological polar surface area (TPSA) is 78.4 Å². The van der Waals surface area contributed by atoms with Crippen molar-refractivity contribution < 1.29 is 14.7 Å². The molecule has 1 rings (SSSR count). The molecule has 0 aliphatic heterocycles. The number of carbonyl (C=O) groups excluding carboxylic acids is 1. The fourth-order valence-corrected chi connectivity index (χ4v) is 2.40. The van der Waals surface area contributed by atoms with Crippen molar-refractivity contribution in [3.8, 4) is 0 Å². The number of amides is 1. The Labute approximate surface area is 132 Å². The number of aryl methyl sites for hydroxylation is 2. The van der Waals surface area contributed by atoms with Crippen molar-refractivity contribution in [2.45, 2.75) is 52.5 Å². The molecule has 1 atom stereocenters. The van der Waals surface area contributed by atoms with Crippen molar-refractivity contribution in [2.24, 2.45) is 0 Å². The van der Waals surface area contributed by atoms with Gasteiger partial charge in [0.25, 0.3) is 0 Å². The molecule has 5 nitrogen and oxygen atoms in total. The molecule has 0 saturated heterocycles. The first-order chi connectivity index (χ1) is 10.5. The molecule has 122 valence electrons. The lowest BCUT2D eigenvalue weighted by atomic mass is 10.0. The van der Waals surface area contributed by atoms with E-state index < -0.39 is 12.0 Å². The fraction of sp³-hybridized carbons (Fsp3) is 0.529. The van der Waals surface area contributed by atoms with Crippen molar-refractivity contribution in [3.63, 3.8) is 0 Å². The molecule has 1 amide bonds. The third-order valence-electron chi connectivity index (χ3n) is 3.65. The summed E-state index contributed by atoms with van der Waals surface area (Å²) in [4.78, 5) is 23.2. The third-order valence-corrected chi connectivity index (χ3v) is 3.65. The van der Waals surface area contributed by atoms with E-state index in [0.29, 0.717) is 6.42 Å². The van der Waals surface area contributed by atoms with Gasteiger partial charge in [0.15, 0.2) is 0 Å². The van der Waals surface area contributed by atoms with E-state index >= 15 is 0 Å². The Morgan fingerprint density at radius 3 is 2.18 bits per heavy atom. The molecule has 0 fully saturated rings. The molecule has 0 bridgehead atoms. The molecule has 0 aromatic heterocycles. The number of carboxylic acid groups (broad SMARTS) is 1. The van der Waals surface area contributed by atoms with E-state index in [4.69, 9.17) is 5.11 Å². The van der Waals surface area contributed by atoms with Crippen LogP contribution in [0.1, 0.15) is 44.7 Å².